The van der Waals surface area contributed by atoms with Gasteiger partial charge >= 0.3 is 11.9 Å². The molecule has 1 aromatic carbocycles. The summed E-state index contributed by atoms with van der Waals surface area (Å²) in [4.78, 5) is 35.5. The van der Waals surface area contributed by atoms with Gasteiger partial charge in [0.25, 0.3) is 0 Å². The lowest BCUT2D eigenvalue weighted by Crippen LogP contribution is -2.14. The van der Waals surface area contributed by atoms with E-state index in [4.69, 9.17) is 9.47 Å². The Morgan fingerprint density at radius 1 is 0.912 bits per heavy atom. The molecule has 34 heavy (non-hydrogen) atoms. The fourth-order valence-electron chi connectivity index (χ4n) is 4.75. The number of rotatable bonds is 17. The summed E-state index contributed by atoms with van der Waals surface area (Å²) in [6.45, 7) is 2.69. The van der Waals surface area contributed by atoms with E-state index in [1.165, 1.54) is 25.3 Å². The van der Waals surface area contributed by atoms with E-state index in [-0.39, 0.29) is 17.9 Å². The molecule has 0 saturated heterocycles. The lowest BCUT2D eigenvalue weighted by atomic mass is 9.86. The Labute approximate surface area is 205 Å². The number of Topliss-reactive ketones (excluding diaryl/α,β-unsaturated/α-hetero) is 1. The van der Waals surface area contributed by atoms with Gasteiger partial charge in [0.2, 0.25) is 0 Å². The topological polar surface area (TPSA) is 69.7 Å². The molecule has 1 aliphatic rings. The summed E-state index contributed by atoms with van der Waals surface area (Å²) in [5, 5.41) is 0. The van der Waals surface area contributed by atoms with Crippen LogP contribution < -0.4 is 0 Å². The SMILES string of the molecule is CCOC(=O)C=CCCCC[C@H]1C(=O)CC[C@@H]1CCCCCCCCOC(=O)c1ccccc1. The second-order valence-electron chi connectivity index (χ2n) is 9.22. The number of allylic oxidation sites excluding steroid dienone is 1. The molecule has 2 atom stereocenters. The lowest BCUT2D eigenvalue weighted by Gasteiger charge is -2.18. The Kier molecular flexibility index (Phi) is 14.0. The third kappa shape index (κ3) is 11.1. The molecule has 5 heteroatoms. The van der Waals surface area contributed by atoms with Gasteiger partial charge in [-0.05, 0) is 63.5 Å². The highest BCUT2D eigenvalue weighted by Crippen LogP contribution is 2.36. The minimum atomic E-state index is -0.278. The van der Waals surface area contributed by atoms with Crippen molar-refractivity contribution in [1.29, 1.82) is 0 Å². The maximum absolute atomic E-state index is 12.3. The Hall–Kier alpha value is -2.43. The predicted octanol–water partition coefficient (Wildman–Crippen LogP) is 6.85. The van der Waals surface area contributed by atoms with Crippen molar-refractivity contribution in [1.82, 2.24) is 0 Å². The van der Waals surface area contributed by atoms with Crippen molar-refractivity contribution in [3.63, 3.8) is 0 Å². The van der Waals surface area contributed by atoms with Gasteiger partial charge in [0, 0.05) is 18.4 Å². The van der Waals surface area contributed by atoms with E-state index in [1.807, 2.05) is 24.3 Å². The third-order valence-electron chi connectivity index (χ3n) is 6.63. The van der Waals surface area contributed by atoms with Crippen LogP contribution in [0.15, 0.2) is 42.5 Å². The zero-order valence-electron chi connectivity index (χ0n) is 20.8. The van der Waals surface area contributed by atoms with Gasteiger partial charge in [0.05, 0.1) is 18.8 Å². The first kappa shape index (κ1) is 27.8. The average Bonchev–Trinajstić information content (AvgIpc) is 3.19. The van der Waals surface area contributed by atoms with Crippen LogP contribution in [-0.2, 0) is 19.1 Å². The molecule has 2 rings (SSSR count). The minimum Gasteiger partial charge on any atom is -0.463 e. The number of unbranched alkanes of at least 4 members (excludes halogenated alkanes) is 7. The molecule has 0 heterocycles. The Morgan fingerprint density at radius 3 is 2.38 bits per heavy atom. The van der Waals surface area contributed by atoms with Crippen LogP contribution in [0.2, 0.25) is 0 Å². The van der Waals surface area contributed by atoms with Gasteiger partial charge in [-0.25, -0.2) is 9.59 Å². The Morgan fingerprint density at radius 2 is 1.62 bits per heavy atom. The smallest absolute Gasteiger partial charge is 0.338 e. The normalized spacial score (nSPS) is 17.9. The van der Waals surface area contributed by atoms with Crippen molar-refractivity contribution in [3.05, 3.63) is 48.0 Å². The maximum Gasteiger partial charge on any atom is 0.338 e. The van der Waals surface area contributed by atoms with E-state index in [9.17, 15) is 14.4 Å². The van der Waals surface area contributed by atoms with Crippen molar-refractivity contribution in [3.8, 4) is 0 Å². The van der Waals surface area contributed by atoms with Crippen molar-refractivity contribution in [2.75, 3.05) is 13.2 Å². The summed E-state index contributed by atoms with van der Waals surface area (Å²) in [6, 6.07) is 9.12. The monoisotopic (exact) mass is 470 g/mol. The fourth-order valence-corrected chi connectivity index (χ4v) is 4.75. The third-order valence-corrected chi connectivity index (χ3v) is 6.63. The highest BCUT2D eigenvalue weighted by molar-refractivity contribution is 5.89. The van der Waals surface area contributed by atoms with Gasteiger partial charge in [-0.2, -0.15) is 0 Å². The van der Waals surface area contributed by atoms with Crippen molar-refractivity contribution < 1.29 is 23.9 Å². The summed E-state index contributed by atoms with van der Waals surface area (Å²) < 4.78 is 10.2. The molecule has 1 saturated carbocycles. The second-order valence-corrected chi connectivity index (χ2v) is 9.22. The maximum atomic E-state index is 12.3. The molecule has 188 valence electrons. The van der Waals surface area contributed by atoms with E-state index in [1.54, 1.807) is 19.1 Å². The largest absolute Gasteiger partial charge is 0.463 e. The van der Waals surface area contributed by atoms with Crippen LogP contribution in [0.25, 0.3) is 0 Å². The van der Waals surface area contributed by atoms with Crippen LogP contribution in [0.5, 0.6) is 0 Å². The quantitative estimate of drug-likeness (QED) is 0.141. The van der Waals surface area contributed by atoms with Gasteiger partial charge in [-0.1, -0.05) is 62.8 Å². The summed E-state index contributed by atoms with van der Waals surface area (Å²) in [5.74, 6) is 0.736. The van der Waals surface area contributed by atoms with Crippen LogP contribution in [0.3, 0.4) is 0 Å². The van der Waals surface area contributed by atoms with Crippen molar-refractivity contribution >= 4 is 17.7 Å². The molecule has 1 aromatic rings. The summed E-state index contributed by atoms with van der Waals surface area (Å²) in [5.41, 5.74) is 0.608. The van der Waals surface area contributed by atoms with Gasteiger partial charge in [-0.15, -0.1) is 0 Å². The number of hydrogen-bond donors (Lipinski definition) is 0. The number of hydrogen-bond acceptors (Lipinski definition) is 5. The molecule has 0 spiro atoms. The number of benzene rings is 1. The first-order chi connectivity index (χ1) is 16.6. The standard InChI is InChI=1S/C29H42O5/c1-2-33-28(31)20-14-7-6-13-19-26-24(21-22-27(26)30)16-10-5-3-4-8-15-23-34-29(32)25-17-11-9-12-18-25/h9,11-12,14,17-18,20,24,26H,2-8,10,13,15-16,19,21-23H2,1H3/t24-,26+/m0/s1. The molecular weight excluding hydrogens is 428 g/mol. The van der Waals surface area contributed by atoms with Crippen LogP contribution in [0.1, 0.15) is 101 Å². The molecule has 0 amide bonds. The van der Waals surface area contributed by atoms with Gasteiger partial charge in [-0.3, -0.25) is 4.79 Å². The first-order valence-corrected chi connectivity index (χ1v) is 13.2. The second kappa shape index (κ2) is 17.1. The van der Waals surface area contributed by atoms with Crippen molar-refractivity contribution in [2.24, 2.45) is 11.8 Å². The van der Waals surface area contributed by atoms with E-state index < -0.39 is 0 Å². The molecule has 0 radical (unpaired) electrons. The number of ketones is 1. The van der Waals surface area contributed by atoms with Crippen LogP contribution in [-0.4, -0.2) is 30.9 Å². The number of carbonyl (C=O) groups is 3. The molecule has 0 N–H and O–H groups in total. The Balaban J connectivity index is 1.47. The molecule has 0 bridgehead atoms. The molecule has 0 aliphatic heterocycles. The number of ether oxygens (including phenoxy) is 2. The lowest BCUT2D eigenvalue weighted by molar-refractivity contribution is -0.137. The Bertz CT molecular complexity index is 755. The average molecular weight is 471 g/mol. The van der Waals surface area contributed by atoms with Crippen LogP contribution in [0.4, 0.5) is 0 Å². The minimum absolute atomic E-state index is 0.241. The van der Waals surface area contributed by atoms with Crippen molar-refractivity contribution in [2.45, 2.75) is 90.4 Å². The zero-order chi connectivity index (χ0) is 24.4. The van der Waals surface area contributed by atoms with Crippen LogP contribution >= 0.6 is 0 Å². The summed E-state index contributed by atoms with van der Waals surface area (Å²) in [7, 11) is 0. The van der Waals surface area contributed by atoms with E-state index in [0.29, 0.717) is 30.5 Å². The van der Waals surface area contributed by atoms with Gasteiger partial charge in [0.15, 0.2) is 0 Å². The van der Waals surface area contributed by atoms with E-state index >= 15 is 0 Å². The van der Waals surface area contributed by atoms with E-state index in [2.05, 4.69) is 0 Å². The zero-order valence-corrected chi connectivity index (χ0v) is 20.8. The summed E-state index contributed by atoms with van der Waals surface area (Å²) in [6.07, 6.45) is 17.0. The van der Waals surface area contributed by atoms with Gasteiger partial charge in [0.1, 0.15) is 5.78 Å². The highest BCUT2D eigenvalue weighted by atomic mass is 16.5. The number of esters is 2. The van der Waals surface area contributed by atoms with Gasteiger partial charge < -0.3 is 9.47 Å². The van der Waals surface area contributed by atoms with E-state index in [0.717, 1.165) is 64.2 Å². The fraction of sp³-hybridized carbons (Fsp3) is 0.621. The van der Waals surface area contributed by atoms with Crippen LogP contribution in [0, 0.1) is 11.8 Å². The molecule has 0 aromatic heterocycles. The first-order valence-electron chi connectivity index (χ1n) is 13.2. The number of carbonyl (C=O) groups excluding carboxylic acids is 3. The summed E-state index contributed by atoms with van der Waals surface area (Å²) >= 11 is 0. The molecule has 5 nitrogen and oxygen atoms in total. The molecule has 1 fully saturated rings. The molecular formula is C29H42O5. The molecule has 0 unspecified atom stereocenters. The predicted molar refractivity (Wildman–Crippen MR) is 135 cm³/mol. The highest BCUT2D eigenvalue weighted by Gasteiger charge is 2.33. The molecule has 1 aliphatic carbocycles.